The average molecular weight is 477 g/mol. The molecule has 33 heavy (non-hydrogen) atoms. The lowest BCUT2D eigenvalue weighted by atomic mass is 9.84. The first-order valence-electron chi connectivity index (χ1n) is 10.7. The van der Waals surface area contributed by atoms with E-state index in [1.165, 1.54) is 0 Å². The van der Waals surface area contributed by atoms with Crippen LogP contribution in [-0.4, -0.2) is 57.7 Å². The van der Waals surface area contributed by atoms with Crippen molar-refractivity contribution in [2.45, 2.75) is 43.6 Å². The normalized spacial score (nSPS) is 23.7. The van der Waals surface area contributed by atoms with E-state index >= 15 is 0 Å². The summed E-state index contributed by atoms with van der Waals surface area (Å²) in [5.41, 5.74) is 2.16. The molecule has 10 heteroatoms. The Kier molecular flexibility index (Phi) is 6.78. The lowest BCUT2D eigenvalue weighted by Gasteiger charge is -2.37. The van der Waals surface area contributed by atoms with Crippen molar-refractivity contribution in [3.05, 3.63) is 53.6 Å². The predicted molar refractivity (Wildman–Crippen MR) is 122 cm³/mol. The van der Waals surface area contributed by atoms with E-state index in [-0.39, 0.29) is 24.9 Å². The number of carbonyl (C=O) groups is 1. The van der Waals surface area contributed by atoms with Crippen LogP contribution < -0.4 is 19.5 Å². The zero-order valence-electron chi connectivity index (χ0n) is 18.5. The first kappa shape index (κ1) is 23.3. The SMILES string of the molecule is COc1ccccc1CNC(=O)C[C@@H]1C[C@H]2c3cc(NS(C)(=O)=O)ccc3O[C@H]2[C@@H](CO)O1. The zero-order chi connectivity index (χ0) is 23.6. The Morgan fingerprint density at radius 2 is 2.03 bits per heavy atom. The number of rotatable bonds is 8. The van der Waals surface area contributed by atoms with Gasteiger partial charge in [-0.1, -0.05) is 18.2 Å². The highest BCUT2D eigenvalue weighted by atomic mass is 32.2. The van der Waals surface area contributed by atoms with Gasteiger partial charge in [0.15, 0.2) is 0 Å². The van der Waals surface area contributed by atoms with E-state index in [2.05, 4.69) is 10.0 Å². The summed E-state index contributed by atoms with van der Waals surface area (Å²) >= 11 is 0. The van der Waals surface area contributed by atoms with Crippen molar-refractivity contribution in [1.82, 2.24) is 5.32 Å². The molecule has 178 valence electrons. The Morgan fingerprint density at radius 3 is 2.76 bits per heavy atom. The van der Waals surface area contributed by atoms with E-state index < -0.39 is 28.3 Å². The number of anilines is 1. The lowest BCUT2D eigenvalue weighted by molar-refractivity contribution is -0.142. The molecular formula is C23H28N2O7S. The summed E-state index contributed by atoms with van der Waals surface area (Å²) in [4.78, 5) is 12.6. The van der Waals surface area contributed by atoms with Crippen LogP contribution in [0.2, 0.25) is 0 Å². The first-order valence-corrected chi connectivity index (χ1v) is 12.6. The second kappa shape index (κ2) is 9.58. The molecule has 2 aliphatic heterocycles. The molecule has 0 bridgehead atoms. The third-order valence-electron chi connectivity index (χ3n) is 5.88. The summed E-state index contributed by atoms with van der Waals surface area (Å²) in [6.07, 6.45) is 0.336. The van der Waals surface area contributed by atoms with Gasteiger partial charge in [0, 0.05) is 29.3 Å². The predicted octanol–water partition coefficient (Wildman–Crippen LogP) is 1.77. The highest BCUT2D eigenvalue weighted by Crippen LogP contribution is 2.47. The molecule has 2 aromatic carbocycles. The van der Waals surface area contributed by atoms with Gasteiger partial charge >= 0.3 is 0 Å². The highest BCUT2D eigenvalue weighted by Gasteiger charge is 2.46. The molecule has 1 saturated heterocycles. The number of nitrogens with one attached hydrogen (secondary N) is 2. The van der Waals surface area contributed by atoms with Gasteiger partial charge in [-0.2, -0.15) is 0 Å². The minimum Gasteiger partial charge on any atom is -0.496 e. The summed E-state index contributed by atoms with van der Waals surface area (Å²) in [6.45, 7) is 0.0838. The number of ether oxygens (including phenoxy) is 3. The smallest absolute Gasteiger partial charge is 0.229 e. The summed E-state index contributed by atoms with van der Waals surface area (Å²) in [7, 11) is -1.83. The summed E-state index contributed by atoms with van der Waals surface area (Å²) in [5.74, 6) is 1.03. The Bertz CT molecular complexity index is 1120. The molecule has 4 atom stereocenters. The Hall–Kier alpha value is -2.82. The van der Waals surface area contributed by atoms with E-state index in [0.29, 0.717) is 30.2 Å². The van der Waals surface area contributed by atoms with Gasteiger partial charge in [-0.3, -0.25) is 9.52 Å². The van der Waals surface area contributed by atoms with Crippen LogP contribution in [0.25, 0.3) is 0 Å². The number of fused-ring (bicyclic) bond motifs is 3. The number of para-hydroxylation sites is 1. The molecule has 0 radical (unpaired) electrons. The number of sulfonamides is 1. The number of amides is 1. The molecule has 2 heterocycles. The maximum atomic E-state index is 12.6. The van der Waals surface area contributed by atoms with Crippen molar-refractivity contribution < 1.29 is 32.5 Å². The van der Waals surface area contributed by atoms with E-state index in [4.69, 9.17) is 14.2 Å². The lowest BCUT2D eigenvalue weighted by Crippen LogP contribution is -2.47. The van der Waals surface area contributed by atoms with Crippen molar-refractivity contribution in [2.24, 2.45) is 0 Å². The third kappa shape index (κ3) is 5.40. The van der Waals surface area contributed by atoms with Crippen molar-refractivity contribution in [3.63, 3.8) is 0 Å². The minimum absolute atomic E-state index is 0.126. The van der Waals surface area contributed by atoms with Crippen LogP contribution in [0.3, 0.4) is 0 Å². The average Bonchev–Trinajstić information content (AvgIpc) is 3.14. The number of aliphatic hydroxyl groups excluding tert-OH is 1. The van der Waals surface area contributed by atoms with Crippen LogP contribution in [0, 0.1) is 0 Å². The van der Waals surface area contributed by atoms with E-state index in [0.717, 1.165) is 17.4 Å². The largest absolute Gasteiger partial charge is 0.496 e. The molecule has 2 aromatic rings. The monoisotopic (exact) mass is 476 g/mol. The number of hydrogen-bond acceptors (Lipinski definition) is 7. The number of methoxy groups -OCH3 is 1. The number of carbonyl (C=O) groups excluding carboxylic acids is 1. The second-order valence-corrected chi connectivity index (χ2v) is 10.1. The van der Waals surface area contributed by atoms with Crippen LogP contribution >= 0.6 is 0 Å². The Morgan fingerprint density at radius 1 is 1.24 bits per heavy atom. The molecule has 1 fully saturated rings. The Labute approximate surface area is 193 Å². The fraction of sp³-hybridized carbons (Fsp3) is 0.435. The quantitative estimate of drug-likeness (QED) is 0.531. The standard InChI is InChI=1S/C23H28N2O7S/c1-30-19-6-4-3-5-14(19)12-24-22(27)11-16-10-18-17-9-15(25-33(2,28)29)7-8-20(17)32-23(18)21(13-26)31-16/h3-9,16,18,21,23,25-26H,10-13H2,1-2H3,(H,24,27)/t16-,18-,21+,23+/m0/s1. The fourth-order valence-corrected chi connectivity index (χ4v) is 5.04. The molecule has 3 N–H and O–H groups in total. The summed E-state index contributed by atoms with van der Waals surface area (Å²) in [6, 6.07) is 12.6. The van der Waals surface area contributed by atoms with Crippen LogP contribution in [0.5, 0.6) is 11.5 Å². The summed E-state index contributed by atoms with van der Waals surface area (Å²) in [5, 5.41) is 12.8. The molecular weight excluding hydrogens is 448 g/mol. The highest BCUT2D eigenvalue weighted by molar-refractivity contribution is 7.92. The van der Waals surface area contributed by atoms with Crippen molar-refractivity contribution in [1.29, 1.82) is 0 Å². The molecule has 4 rings (SSSR count). The number of hydrogen-bond donors (Lipinski definition) is 3. The number of benzene rings is 2. The molecule has 0 spiro atoms. The maximum Gasteiger partial charge on any atom is 0.229 e. The van der Waals surface area contributed by atoms with Crippen molar-refractivity contribution in [3.8, 4) is 11.5 Å². The van der Waals surface area contributed by atoms with Crippen LogP contribution in [-0.2, 0) is 26.1 Å². The van der Waals surface area contributed by atoms with E-state index in [1.54, 1.807) is 25.3 Å². The second-order valence-electron chi connectivity index (χ2n) is 8.32. The third-order valence-corrected chi connectivity index (χ3v) is 6.49. The Balaban J connectivity index is 1.44. The van der Waals surface area contributed by atoms with Gasteiger partial charge in [-0.15, -0.1) is 0 Å². The molecule has 1 amide bonds. The van der Waals surface area contributed by atoms with Crippen LogP contribution in [0.4, 0.5) is 5.69 Å². The van der Waals surface area contributed by atoms with Gasteiger partial charge in [0.1, 0.15) is 23.7 Å². The van der Waals surface area contributed by atoms with Gasteiger partial charge in [0.05, 0.1) is 32.5 Å². The molecule has 2 aliphatic rings. The van der Waals surface area contributed by atoms with E-state index in [1.807, 2.05) is 24.3 Å². The van der Waals surface area contributed by atoms with Crippen LogP contribution in [0.1, 0.15) is 29.9 Å². The van der Waals surface area contributed by atoms with Gasteiger partial charge < -0.3 is 24.6 Å². The minimum atomic E-state index is -3.42. The zero-order valence-corrected chi connectivity index (χ0v) is 19.3. The summed E-state index contributed by atoms with van der Waals surface area (Å²) < 4.78 is 43.0. The van der Waals surface area contributed by atoms with Gasteiger partial charge in [-0.05, 0) is 30.7 Å². The maximum absolute atomic E-state index is 12.6. The number of aliphatic hydroxyl groups is 1. The fourth-order valence-electron chi connectivity index (χ4n) is 4.49. The molecule has 0 saturated carbocycles. The van der Waals surface area contributed by atoms with Gasteiger partial charge in [-0.25, -0.2) is 8.42 Å². The van der Waals surface area contributed by atoms with E-state index in [9.17, 15) is 18.3 Å². The molecule has 0 aliphatic carbocycles. The molecule has 0 aromatic heterocycles. The molecule has 9 nitrogen and oxygen atoms in total. The van der Waals surface area contributed by atoms with Crippen molar-refractivity contribution in [2.75, 3.05) is 24.7 Å². The first-order chi connectivity index (χ1) is 15.8. The van der Waals surface area contributed by atoms with Gasteiger partial charge in [0.25, 0.3) is 0 Å². The topological polar surface area (TPSA) is 123 Å². The van der Waals surface area contributed by atoms with Crippen molar-refractivity contribution >= 4 is 21.6 Å². The van der Waals surface area contributed by atoms with Gasteiger partial charge in [0.2, 0.25) is 15.9 Å². The molecule has 0 unspecified atom stereocenters. The van der Waals surface area contributed by atoms with Crippen LogP contribution in [0.15, 0.2) is 42.5 Å².